The van der Waals surface area contributed by atoms with Gasteiger partial charge < -0.3 is 10.1 Å². The fourth-order valence-electron chi connectivity index (χ4n) is 3.26. The third-order valence-electron chi connectivity index (χ3n) is 4.44. The highest BCUT2D eigenvalue weighted by molar-refractivity contribution is 5.25. The Morgan fingerprint density at radius 2 is 2.25 bits per heavy atom. The molecule has 0 spiro atoms. The first kappa shape index (κ1) is 13.8. The van der Waals surface area contributed by atoms with Gasteiger partial charge in [0.15, 0.2) is 0 Å². The van der Waals surface area contributed by atoms with Crippen LogP contribution in [-0.2, 0) is 6.54 Å². The highest BCUT2D eigenvalue weighted by Gasteiger charge is 2.41. The van der Waals surface area contributed by atoms with Crippen LogP contribution in [0.5, 0.6) is 5.88 Å². The molecule has 20 heavy (non-hydrogen) atoms. The van der Waals surface area contributed by atoms with Crippen LogP contribution in [0.2, 0.25) is 0 Å². The van der Waals surface area contributed by atoms with E-state index >= 15 is 0 Å². The van der Waals surface area contributed by atoms with Crippen LogP contribution in [0.1, 0.15) is 32.3 Å². The minimum atomic E-state index is 0.181. The van der Waals surface area contributed by atoms with E-state index < -0.39 is 0 Å². The Kier molecular flexibility index (Phi) is 3.69. The van der Waals surface area contributed by atoms with Gasteiger partial charge in [0.25, 0.3) is 0 Å². The minimum Gasteiger partial charge on any atom is -0.481 e. The van der Waals surface area contributed by atoms with Gasteiger partial charge in [-0.1, -0.05) is 6.07 Å². The lowest BCUT2D eigenvalue weighted by Gasteiger charge is -2.45. The molecule has 1 aromatic heterocycles. The summed E-state index contributed by atoms with van der Waals surface area (Å²) in [5.41, 5.74) is 1.37. The van der Waals surface area contributed by atoms with Crippen LogP contribution in [0, 0.1) is 5.92 Å². The van der Waals surface area contributed by atoms with Gasteiger partial charge in [-0.3, -0.25) is 4.90 Å². The maximum absolute atomic E-state index is 5.40. The van der Waals surface area contributed by atoms with Crippen molar-refractivity contribution in [3.05, 3.63) is 23.9 Å². The molecule has 1 aliphatic heterocycles. The summed E-state index contributed by atoms with van der Waals surface area (Å²) in [4.78, 5) is 6.94. The fourth-order valence-corrected chi connectivity index (χ4v) is 3.26. The minimum absolute atomic E-state index is 0.181. The van der Waals surface area contributed by atoms with E-state index in [0.717, 1.165) is 31.4 Å². The Hall–Kier alpha value is -1.13. The lowest BCUT2D eigenvalue weighted by atomic mass is 9.96. The number of pyridine rings is 1. The summed E-state index contributed by atoms with van der Waals surface area (Å²) in [5, 5.41) is 3.69. The second kappa shape index (κ2) is 5.34. The predicted octanol–water partition coefficient (Wildman–Crippen LogP) is 2.05. The molecule has 1 saturated carbocycles. The Morgan fingerprint density at radius 3 is 2.95 bits per heavy atom. The zero-order chi connectivity index (χ0) is 14.2. The van der Waals surface area contributed by atoms with Crippen molar-refractivity contribution in [1.29, 1.82) is 0 Å². The molecule has 0 aromatic carbocycles. The van der Waals surface area contributed by atoms with E-state index in [4.69, 9.17) is 4.74 Å². The fraction of sp³-hybridized carbons (Fsp3) is 0.688. The summed E-state index contributed by atoms with van der Waals surface area (Å²) in [7, 11) is 1.70. The third-order valence-corrected chi connectivity index (χ3v) is 4.44. The largest absolute Gasteiger partial charge is 0.481 e. The maximum Gasteiger partial charge on any atom is 0.217 e. The van der Waals surface area contributed by atoms with E-state index in [1.807, 2.05) is 6.07 Å². The van der Waals surface area contributed by atoms with Gasteiger partial charge in [0, 0.05) is 43.0 Å². The second-order valence-corrected chi connectivity index (χ2v) is 6.75. The van der Waals surface area contributed by atoms with Gasteiger partial charge in [0.2, 0.25) is 5.88 Å². The van der Waals surface area contributed by atoms with E-state index in [9.17, 15) is 0 Å². The van der Waals surface area contributed by atoms with Crippen molar-refractivity contribution >= 4 is 0 Å². The van der Waals surface area contributed by atoms with Gasteiger partial charge in [-0.2, -0.15) is 0 Å². The molecule has 1 saturated heterocycles. The van der Waals surface area contributed by atoms with Crippen LogP contribution in [0.3, 0.4) is 0 Å². The first-order valence-corrected chi connectivity index (χ1v) is 7.56. The summed E-state index contributed by atoms with van der Waals surface area (Å²) in [6.07, 6.45) is 4.56. The monoisotopic (exact) mass is 275 g/mol. The molecule has 3 rings (SSSR count). The van der Waals surface area contributed by atoms with Gasteiger partial charge in [-0.05, 0) is 38.7 Å². The first-order chi connectivity index (χ1) is 9.59. The van der Waals surface area contributed by atoms with Crippen LogP contribution >= 0.6 is 0 Å². The zero-order valence-electron chi connectivity index (χ0n) is 12.7. The Labute approximate surface area is 121 Å². The first-order valence-electron chi connectivity index (χ1n) is 7.56. The molecule has 0 radical (unpaired) electrons. The van der Waals surface area contributed by atoms with Gasteiger partial charge in [-0.25, -0.2) is 4.98 Å². The Balaban J connectivity index is 1.78. The van der Waals surface area contributed by atoms with Crippen molar-refractivity contribution < 1.29 is 4.74 Å². The lowest BCUT2D eigenvalue weighted by molar-refractivity contribution is 0.0750. The van der Waals surface area contributed by atoms with Crippen LogP contribution in [0.25, 0.3) is 0 Å². The molecular formula is C16H25N3O. The van der Waals surface area contributed by atoms with Crippen molar-refractivity contribution in [3.63, 3.8) is 0 Å². The smallest absolute Gasteiger partial charge is 0.217 e. The average molecular weight is 275 g/mol. The Bertz CT molecular complexity index is 471. The van der Waals surface area contributed by atoms with E-state index in [1.165, 1.54) is 18.4 Å². The number of nitrogens with zero attached hydrogens (tertiary/aromatic N) is 2. The Morgan fingerprint density at radius 1 is 1.45 bits per heavy atom. The normalized spacial score (nSPS) is 26.4. The van der Waals surface area contributed by atoms with Crippen molar-refractivity contribution in [1.82, 2.24) is 15.2 Å². The van der Waals surface area contributed by atoms with Gasteiger partial charge in [-0.15, -0.1) is 0 Å². The molecule has 0 bridgehead atoms. The zero-order valence-corrected chi connectivity index (χ0v) is 12.7. The molecule has 110 valence electrons. The molecule has 2 heterocycles. The van der Waals surface area contributed by atoms with E-state index in [0.29, 0.717) is 6.04 Å². The average Bonchev–Trinajstić information content (AvgIpc) is 3.23. The number of hydrogen-bond acceptors (Lipinski definition) is 4. The van der Waals surface area contributed by atoms with E-state index in [1.54, 1.807) is 13.3 Å². The molecule has 1 aliphatic carbocycles. The van der Waals surface area contributed by atoms with E-state index in [-0.39, 0.29) is 5.54 Å². The highest BCUT2D eigenvalue weighted by Crippen LogP contribution is 2.38. The van der Waals surface area contributed by atoms with Crippen molar-refractivity contribution in [2.24, 2.45) is 5.92 Å². The predicted molar refractivity (Wildman–Crippen MR) is 79.8 cm³/mol. The topological polar surface area (TPSA) is 37.4 Å². The summed E-state index contributed by atoms with van der Waals surface area (Å²) in [6, 6.07) is 4.79. The number of ether oxygens (including phenoxy) is 1. The molecule has 1 atom stereocenters. The molecule has 2 fully saturated rings. The molecule has 0 amide bonds. The summed E-state index contributed by atoms with van der Waals surface area (Å²) < 4.78 is 5.40. The number of nitrogens with one attached hydrogen (secondary N) is 1. The third kappa shape index (κ3) is 2.96. The summed E-state index contributed by atoms with van der Waals surface area (Å²) >= 11 is 0. The second-order valence-electron chi connectivity index (χ2n) is 6.75. The summed E-state index contributed by atoms with van der Waals surface area (Å²) in [5.74, 6) is 1.64. The molecule has 4 nitrogen and oxygen atoms in total. The maximum atomic E-state index is 5.40. The summed E-state index contributed by atoms with van der Waals surface area (Å²) in [6.45, 7) is 7.67. The van der Waals surface area contributed by atoms with Crippen LogP contribution in [0.4, 0.5) is 0 Å². The molecular weight excluding hydrogens is 250 g/mol. The molecule has 4 heteroatoms. The molecule has 1 N–H and O–H groups in total. The van der Waals surface area contributed by atoms with Crippen molar-refractivity contribution in [2.75, 3.05) is 20.2 Å². The van der Waals surface area contributed by atoms with Gasteiger partial charge >= 0.3 is 0 Å². The molecule has 2 aliphatic rings. The SMILES string of the molecule is COc1ncccc1CN1CC(C)(C)NCC1C1CC1. The number of piperazine rings is 1. The van der Waals surface area contributed by atoms with Crippen LogP contribution in [0.15, 0.2) is 18.3 Å². The molecule has 1 unspecified atom stereocenters. The van der Waals surface area contributed by atoms with Gasteiger partial charge in [0.05, 0.1) is 7.11 Å². The highest BCUT2D eigenvalue weighted by atomic mass is 16.5. The quantitative estimate of drug-likeness (QED) is 0.912. The van der Waals surface area contributed by atoms with E-state index in [2.05, 4.69) is 35.1 Å². The van der Waals surface area contributed by atoms with Crippen LogP contribution in [-0.4, -0.2) is 41.7 Å². The number of hydrogen-bond donors (Lipinski definition) is 1. The van der Waals surface area contributed by atoms with Crippen LogP contribution < -0.4 is 10.1 Å². The lowest BCUT2D eigenvalue weighted by Crippen LogP contribution is -2.61. The van der Waals surface area contributed by atoms with Gasteiger partial charge in [0.1, 0.15) is 0 Å². The van der Waals surface area contributed by atoms with Crippen molar-refractivity contribution in [2.45, 2.75) is 44.8 Å². The number of methoxy groups -OCH3 is 1. The molecule has 1 aromatic rings. The number of rotatable bonds is 4. The van der Waals surface area contributed by atoms with Crippen molar-refractivity contribution in [3.8, 4) is 5.88 Å². The number of aromatic nitrogens is 1. The standard InChI is InChI=1S/C16H25N3O/c1-16(2)11-19(14(9-18-16)12-6-7-12)10-13-5-4-8-17-15(13)20-3/h4-5,8,12,14,18H,6-7,9-11H2,1-3H3.